The highest BCUT2D eigenvalue weighted by Crippen LogP contribution is 2.31. The van der Waals surface area contributed by atoms with E-state index < -0.39 is 17.7 Å². The molecule has 0 bridgehead atoms. The van der Waals surface area contributed by atoms with Gasteiger partial charge >= 0.3 is 6.09 Å². The van der Waals surface area contributed by atoms with Crippen molar-refractivity contribution in [3.05, 3.63) is 53.1 Å². The van der Waals surface area contributed by atoms with Crippen molar-refractivity contribution in [2.24, 2.45) is 0 Å². The standard InChI is InChI=1S/C18H16Br2ClF2NO4/c19-9-11(20)10-27-18(25)24-3-4-26-17-2-1-14(8-16(17)21)28-15-6-12(22)5-13(23)7-15/h1-2,5-8,11H,3-4,9-10H2,(H,24,25). The first kappa shape index (κ1) is 22.7. The van der Waals surface area contributed by atoms with Gasteiger partial charge in [-0.25, -0.2) is 13.6 Å². The van der Waals surface area contributed by atoms with E-state index in [1.807, 2.05) is 0 Å². The zero-order chi connectivity index (χ0) is 20.5. The summed E-state index contributed by atoms with van der Waals surface area (Å²) in [6.07, 6.45) is -0.550. The van der Waals surface area contributed by atoms with Crippen LogP contribution in [0.15, 0.2) is 36.4 Å². The van der Waals surface area contributed by atoms with E-state index in [2.05, 4.69) is 37.2 Å². The van der Waals surface area contributed by atoms with Crippen molar-refractivity contribution in [3.8, 4) is 17.2 Å². The summed E-state index contributed by atoms with van der Waals surface area (Å²) in [7, 11) is 0. The summed E-state index contributed by atoms with van der Waals surface area (Å²) < 4.78 is 42.3. The van der Waals surface area contributed by atoms with Crippen LogP contribution in [0.5, 0.6) is 17.2 Å². The molecule has 1 amide bonds. The van der Waals surface area contributed by atoms with Crippen LogP contribution < -0.4 is 14.8 Å². The van der Waals surface area contributed by atoms with E-state index in [1.165, 1.54) is 6.07 Å². The number of alkyl halides is 2. The average Bonchev–Trinajstić information content (AvgIpc) is 2.63. The molecule has 1 unspecified atom stereocenters. The molecule has 0 aliphatic heterocycles. The maximum absolute atomic E-state index is 13.2. The minimum absolute atomic E-state index is 0.00979. The Hall–Kier alpha value is -1.58. The molecule has 28 heavy (non-hydrogen) atoms. The molecular weight excluding hydrogens is 527 g/mol. The van der Waals surface area contributed by atoms with Crippen LogP contribution in [0.2, 0.25) is 5.02 Å². The number of carbonyl (C=O) groups is 1. The van der Waals surface area contributed by atoms with Gasteiger partial charge in [0, 0.05) is 29.6 Å². The predicted octanol–water partition coefficient (Wildman–Crippen LogP) is 5.67. The Morgan fingerprint density at radius 3 is 2.50 bits per heavy atom. The third-order valence-corrected chi connectivity index (χ3v) is 5.70. The van der Waals surface area contributed by atoms with Gasteiger partial charge in [0.2, 0.25) is 0 Å². The Bertz CT molecular complexity index is 793. The summed E-state index contributed by atoms with van der Waals surface area (Å²) in [4.78, 5) is 11.5. The second kappa shape index (κ2) is 11.4. The molecule has 0 saturated carbocycles. The van der Waals surface area contributed by atoms with E-state index in [9.17, 15) is 13.6 Å². The van der Waals surface area contributed by atoms with Crippen LogP contribution in [-0.4, -0.2) is 36.0 Å². The molecular formula is C18H16Br2ClF2NO4. The first-order valence-corrected chi connectivity index (χ1v) is 10.5. The lowest BCUT2D eigenvalue weighted by molar-refractivity contribution is 0.146. The van der Waals surface area contributed by atoms with E-state index >= 15 is 0 Å². The molecule has 0 aromatic heterocycles. The average molecular weight is 544 g/mol. The van der Waals surface area contributed by atoms with Crippen LogP contribution in [0.3, 0.4) is 0 Å². The van der Waals surface area contributed by atoms with Gasteiger partial charge in [-0.3, -0.25) is 0 Å². The minimum atomic E-state index is -0.745. The summed E-state index contributed by atoms with van der Waals surface area (Å²) in [5.41, 5.74) is 0. The van der Waals surface area contributed by atoms with Gasteiger partial charge in [-0.1, -0.05) is 43.5 Å². The van der Waals surface area contributed by atoms with Crippen molar-refractivity contribution >= 4 is 49.6 Å². The van der Waals surface area contributed by atoms with Crippen molar-refractivity contribution in [2.75, 3.05) is 25.1 Å². The van der Waals surface area contributed by atoms with E-state index in [0.29, 0.717) is 16.8 Å². The fourth-order valence-electron chi connectivity index (χ4n) is 1.96. The van der Waals surface area contributed by atoms with Gasteiger partial charge in [-0.15, -0.1) is 0 Å². The lowest BCUT2D eigenvalue weighted by Gasteiger charge is -2.12. The fraction of sp³-hybridized carbons (Fsp3) is 0.278. The van der Waals surface area contributed by atoms with Crippen LogP contribution in [0.1, 0.15) is 0 Å². The van der Waals surface area contributed by atoms with Crippen LogP contribution in [0.25, 0.3) is 0 Å². The van der Waals surface area contributed by atoms with Crippen molar-refractivity contribution in [2.45, 2.75) is 4.83 Å². The Kier molecular flexibility index (Phi) is 9.27. The lowest BCUT2D eigenvalue weighted by Crippen LogP contribution is -2.30. The van der Waals surface area contributed by atoms with E-state index in [-0.39, 0.29) is 35.4 Å². The predicted molar refractivity (Wildman–Crippen MR) is 109 cm³/mol. The number of alkyl carbamates (subject to hydrolysis) is 1. The fourth-order valence-corrected chi connectivity index (χ4v) is 2.51. The summed E-state index contributed by atoms with van der Waals surface area (Å²) in [6, 6.07) is 7.42. The maximum atomic E-state index is 13.2. The Labute approximate surface area is 182 Å². The molecule has 0 fully saturated rings. The molecule has 0 aliphatic carbocycles. The highest BCUT2D eigenvalue weighted by atomic mass is 79.9. The van der Waals surface area contributed by atoms with Gasteiger partial charge < -0.3 is 19.5 Å². The largest absolute Gasteiger partial charge is 0.490 e. The van der Waals surface area contributed by atoms with Crippen molar-refractivity contribution in [1.82, 2.24) is 5.32 Å². The van der Waals surface area contributed by atoms with Crippen LogP contribution in [0.4, 0.5) is 13.6 Å². The van der Waals surface area contributed by atoms with Crippen molar-refractivity contribution in [1.29, 1.82) is 0 Å². The summed E-state index contributed by atoms with van der Waals surface area (Å²) in [5.74, 6) is -0.818. The van der Waals surface area contributed by atoms with E-state index in [1.54, 1.807) is 12.1 Å². The molecule has 5 nitrogen and oxygen atoms in total. The van der Waals surface area contributed by atoms with Gasteiger partial charge in [0.05, 0.1) is 16.4 Å². The number of ether oxygens (including phenoxy) is 3. The highest BCUT2D eigenvalue weighted by molar-refractivity contribution is 9.12. The van der Waals surface area contributed by atoms with Crippen LogP contribution >= 0.6 is 43.5 Å². The van der Waals surface area contributed by atoms with E-state index in [0.717, 1.165) is 18.2 Å². The zero-order valence-corrected chi connectivity index (χ0v) is 18.3. The second-order valence-electron chi connectivity index (χ2n) is 5.42. The number of amides is 1. The smallest absolute Gasteiger partial charge is 0.407 e. The topological polar surface area (TPSA) is 56.8 Å². The molecule has 2 aromatic rings. The molecule has 2 aromatic carbocycles. The van der Waals surface area contributed by atoms with Crippen molar-refractivity contribution < 1.29 is 27.8 Å². The number of halogens is 5. The molecule has 0 radical (unpaired) electrons. The van der Waals surface area contributed by atoms with Gasteiger partial charge in [0.1, 0.15) is 42.1 Å². The number of hydrogen-bond acceptors (Lipinski definition) is 4. The summed E-state index contributed by atoms with van der Waals surface area (Å²) in [5, 5.41) is 3.45. The molecule has 0 aliphatic rings. The number of carbonyl (C=O) groups excluding carboxylic acids is 1. The number of rotatable bonds is 9. The molecule has 2 rings (SSSR count). The highest BCUT2D eigenvalue weighted by Gasteiger charge is 2.09. The molecule has 0 spiro atoms. The van der Waals surface area contributed by atoms with Gasteiger partial charge in [-0.2, -0.15) is 0 Å². The second-order valence-corrected chi connectivity index (χ2v) is 7.77. The SMILES string of the molecule is O=C(NCCOc1ccc(Oc2cc(F)cc(F)c2)cc1Cl)OCC(Br)CBr. The van der Waals surface area contributed by atoms with Gasteiger partial charge in [0.25, 0.3) is 0 Å². The Balaban J connectivity index is 1.80. The molecule has 152 valence electrons. The van der Waals surface area contributed by atoms with Gasteiger partial charge in [-0.05, 0) is 12.1 Å². The quantitative estimate of drug-likeness (QED) is 0.327. The van der Waals surface area contributed by atoms with Crippen LogP contribution in [0, 0.1) is 11.6 Å². The molecule has 0 saturated heterocycles. The monoisotopic (exact) mass is 541 g/mol. The lowest BCUT2D eigenvalue weighted by atomic mass is 10.3. The first-order chi connectivity index (χ1) is 13.4. The number of hydrogen-bond donors (Lipinski definition) is 1. The molecule has 10 heteroatoms. The third-order valence-electron chi connectivity index (χ3n) is 3.17. The first-order valence-electron chi connectivity index (χ1n) is 8.04. The Morgan fingerprint density at radius 2 is 1.86 bits per heavy atom. The van der Waals surface area contributed by atoms with Crippen LogP contribution in [-0.2, 0) is 4.74 Å². The summed E-state index contributed by atoms with van der Waals surface area (Å²) >= 11 is 12.7. The number of nitrogens with one attached hydrogen (secondary N) is 1. The molecule has 1 atom stereocenters. The number of benzene rings is 2. The molecule has 1 N–H and O–H groups in total. The van der Waals surface area contributed by atoms with Crippen molar-refractivity contribution in [3.63, 3.8) is 0 Å². The minimum Gasteiger partial charge on any atom is -0.490 e. The van der Waals surface area contributed by atoms with E-state index in [4.69, 9.17) is 25.8 Å². The maximum Gasteiger partial charge on any atom is 0.407 e. The normalized spacial score (nSPS) is 11.6. The third kappa shape index (κ3) is 7.81. The zero-order valence-electron chi connectivity index (χ0n) is 14.4. The molecule has 0 heterocycles. The van der Waals surface area contributed by atoms with Gasteiger partial charge in [0.15, 0.2) is 0 Å². The Morgan fingerprint density at radius 1 is 1.14 bits per heavy atom. The summed E-state index contributed by atoms with van der Waals surface area (Å²) in [6.45, 7) is 0.623.